The monoisotopic (exact) mass is 512 g/mol. The molecule has 1 aromatic carbocycles. The molecule has 0 saturated carbocycles. The van der Waals surface area contributed by atoms with Gasteiger partial charge in [-0.05, 0) is 63.4 Å². The second-order valence-electron chi connectivity index (χ2n) is 9.73. The molecule has 3 heterocycles. The van der Waals surface area contributed by atoms with Gasteiger partial charge in [0, 0.05) is 60.7 Å². The Bertz CT molecular complexity index is 1310. The maximum absolute atomic E-state index is 13.5. The molecule has 0 atom stereocenters. The number of pyridine rings is 1. The zero-order valence-corrected chi connectivity index (χ0v) is 22.2. The lowest BCUT2D eigenvalue weighted by Crippen LogP contribution is -2.47. The van der Waals surface area contributed by atoms with Crippen molar-refractivity contribution in [1.29, 1.82) is 0 Å². The van der Waals surface area contributed by atoms with E-state index in [2.05, 4.69) is 46.8 Å². The molecule has 1 aliphatic heterocycles. The molecule has 0 spiro atoms. The summed E-state index contributed by atoms with van der Waals surface area (Å²) >= 11 is 0. The maximum Gasteiger partial charge on any atom is 0.256 e. The van der Waals surface area contributed by atoms with Crippen molar-refractivity contribution in [1.82, 2.24) is 14.9 Å². The highest BCUT2D eigenvalue weighted by Crippen LogP contribution is 2.30. The summed E-state index contributed by atoms with van der Waals surface area (Å²) in [6.07, 6.45) is 7.38. The molecule has 1 amide bonds. The van der Waals surface area contributed by atoms with Gasteiger partial charge in [-0.1, -0.05) is 6.92 Å². The van der Waals surface area contributed by atoms with E-state index in [0.717, 1.165) is 49.1 Å². The highest BCUT2D eigenvalue weighted by molar-refractivity contribution is 7.92. The maximum atomic E-state index is 13.5. The Morgan fingerprint density at radius 2 is 2.00 bits per heavy atom. The molecule has 2 aromatic heterocycles. The molecule has 4 rings (SSSR count). The van der Waals surface area contributed by atoms with Gasteiger partial charge in [-0.3, -0.25) is 9.52 Å². The van der Waals surface area contributed by atoms with E-state index in [1.54, 1.807) is 24.4 Å². The van der Waals surface area contributed by atoms with Crippen LogP contribution in [-0.4, -0.2) is 67.2 Å². The lowest BCUT2D eigenvalue weighted by molar-refractivity contribution is 0.0714. The SMILES string of the molecule is CCCN(c1ncccc1NC(C)C)C1CCN(C(=O)c2c[nH]c3ccc(NS(C)(=O)=O)cc23)CC1. The molecular formula is C26H36N6O3S. The predicted octanol–water partition coefficient (Wildman–Crippen LogP) is 4.28. The van der Waals surface area contributed by atoms with Crippen molar-refractivity contribution in [3.63, 3.8) is 0 Å². The third kappa shape index (κ3) is 5.92. The summed E-state index contributed by atoms with van der Waals surface area (Å²) in [6, 6.07) is 9.81. The largest absolute Gasteiger partial charge is 0.380 e. The number of amides is 1. The molecule has 36 heavy (non-hydrogen) atoms. The van der Waals surface area contributed by atoms with Crippen LogP contribution in [0.25, 0.3) is 10.9 Å². The number of aromatic nitrogens is 2. The van der Waals surface area contributed by atoms with Gasteiger partial charge in [-0.15, -0.1) is 0 Å². The van der Waals surface area contributed by atoms with E-state index in [9.17, 15) is 13.2 Å². The van der Waals surface area contributed by atoms with Gasteiger partial charge < -0.3 is 20.1 Å². The minimum Gasteiger partial charge on any atom is -0.380 e. The number of anilines is 3. The number of aromatic amines is 1. The van der Waals surface area contributed by atoms with Crippen molar-refractivity contribution in [2.45, 2.75) is 52.1 Å². The van der Waals surface area contributed by atoms with Gasteiger partial charge in [0.05, 0.1) is 17.5 Å². The molecule has 0 aliphatic carbocycles. The number of carbonyl (C=O) groups excluding carboxylic acids is 1. The van der Waals surface area contributed by atoms with Crippen LogP contribution in [-0.2, 0) is 10.0 Å². The third-order valence-corrected chi connectivity index (χ3v) is 6.98. The van der Waals surface area contributed by atoms with E-state index in [1.807, 2.05) is 17.2 Å². The minimum absolute atomic E-state index is 0.0433. The van der Waals surface area contributed by atoms with Crippen LogP contribution in [0, 0.1) is 0 Å². The normalized spacial score (nSPS) is 14.9. The Labute approximate surface area is 213 Å². The van der Waals surface area contributed by atoms with Crippen LogP contribution in [0.1, 0.15) is 50.4 Å². The van der Waals surface area contributed by atoms with Gasteiger partial charge in [0.25, 0.3) is 5.91 Å². The number of fused-ring (bicyclic) bond motifs is 1. The van der Waals surface area contributed by atoms with E-state index in [1.165, 1.54) is 0 Å². The van der Waals surface area contributed by atoms with Crippen LogP contribution in [0.4, 0.5) is 17.2 Å². The fourth-order valence-corrected chi connectivity index (χ4v) is 5.43. The first-order valence-electron chi connectivity index (χ1n) is 12.5. The van der Waals surface area contributed by atoms with Gasteiger partial charge in [-0.25, -0.2) is 13.4 Å². The van der Waals surface area contributed by atoms with E-state index in [4.69, 9.17) is 4.98 Å². The average Bonchev–Trinajstić information content (AvgIpc) is 3.25. The zero-order chi connectivity index (χ0) is 25.9. The molecule has 0 bridgehead atoms. The van der Waals surface area contributed by atoms with Crippen LogP contribution in [0.5, 0.6) is 0 Å². The number of likely N-dealkylation sites (tertiary alicyclic amines) is 1. The Morgan fingerprint density at radius 1 is 1.25 bits per heavy atom. The molecular weight excluding hydrogens is 476 g/mol. The lowest BCUT2D eigenvalue weighted by Gasteiger charge is -2.40. The topological polar surface area (TPSA) is 110 Å². The van der Waals surface area contributed by atoms with Gasteiger partial charge in [-0.2, -0.15) is 0 Å². The number of rotatable bonds is 9. The van der Waals surface area contributed by atoms with Crippen molar-refractivity contribution in [2.24, 2.45) is 0 Å². The fourth-order valence-electron chi connectivity index (χ4n) is 4.88. The van der Waals surface area contributed by atoms with E-state index >= 15 is 0 Å². The van der Waals surface area contributed by atoms with Gasteiger partial charge in [0.15, 0.2) is 5.82 Å². The van der Waals surface area contributed by atoms with Crippen LogP contribution >= 0.6 is 0 Å². The molecule has 1 aliphatic rings. The number of sulfonamides is 1. The van der Waals surface area contributed by atoms with Crippen molar-refractivity contribution in [2.75, 3.05) is 40.8 Å². The first-order valence-corrected chi connectivity index (χ1v) is 14.4. The predicted molar refractivity (Wildman–Crippen MR) is 146 cm³/mol. The molecule has 0 radical (unpaired) electrons. The third-order valence-electron chi connectivity index (χ3n) is 6.38. The molecule has 3 aromatic rings. The summed E-state index contributed by atoms with van der Waals surface area (Å²) < 4.78 is 25.8. The Kier molecular flexibility index (Phi) is 7.73. The number of hydrogen-bond acceptors (Lipinski definition) is 6. The average molecular weight is 513 g/mol. The summed E-state index contributed by atoms with van der Waals surface area (Å²) in [4.78, 5) is 25.6. The van der Waals surface area contributed by atoms with Gasteiger partial charge in [0.2, 0.25) is 10.0 Å². The van der Waals surface area contributed by atoms with Crippen molar-refractivity contribution in [3.05, 3.63) is 48.3 Å². The van der Waals surface area contributed by atoms with Crippen LogP contribution in [0.3, 0.4) is 0 Å². The lowest BCUT2D eigenvalue weighted by atomic mass is 10.0. The highest BCUT2D eigenvalue weighted by atomic mass is 32.2. The number of benzene rings is 1. The molecule has 1 fully saturated rings. The smallest absolute Gasteiger partial charge is 0.256 e. The first-order chi connectivity index (χ1) is 17.2. The number of hydrogen-bond donors (Lipinski definition) is 3. The van der Waals surface area contributed by atoms with Gasteiger partial charge >= 0.3 is 0 Å². The van der Waals surface area contributed by atoms with Crippen molar-refractivity contribution >= 4 is 44.0 Å². The summed E-state index contributed by atoms with van der Waals surface area (Å²) in [5.74, 6) is 0.929. The van der Waals surface area contributed by atoms with Crippen molar-refractivity contribution < 1.29 is 13.2 Å². The zero-order valence-electron chi connectivity index (χ0n) is 21.4. The summed E-state index contributed by atoms with van der Waals surface area (Å²) in [5, 5.41) is 4.23. The summed E-state index contributed by atoms with van der Waals surface area (Å²) in [5.41, 5.74) is 2.83. The van der Waals surface area contributed by atoms with Crippen LogP contribution in [0.15, 0.2) is 42.7 Å². The molecule has 10 heteroatoms. The fraction of sp³-hybridized carbons (Fsp3) is 0.462. The Balaban J connectivity index is 1.50. The van der Waals surface area contributed by atoms with Gasteiger partial charge in [0.1, 0.15) is 0 Å². The van der Waals surface area contributed by atoms with E-state index in [-0.39, 0.29) is 5.91 Å². The molecule has 1 saturated heterocycles. The standard InChI is InChI=1S/C26H36N6O3S/c1-5-13-32(25-24(29-18(2)3)7-6-12-27-25)20-10-14-31(15-11-20)26(33)22-17-28-23-9-8-19(16-21(22)23)30-36(4,34)35/h6-9,12,16-18,20,28-30H,5,10-11,13-15H2,1-4H3. The highest BCUT2D eigenvalue weighted by Gasteiger charge is 2.30. The number of carbonyl (C=O) groups is 1. The second-order valence-corrected chi connectivity index (χ2v) is 11.5. The quantitative estimate of drug-likeness (QED) is 0.395. The number of nitrogens with zero attached hydrogens (tertiary/aromatic N) is 3. The Hall–Kier alpha value is -3.27. The minimum atomic E-state index is -3.40. The van der Waals surface area contributed by atoms with Crippen molar-refractivity contribution in [3.8, 4) is 0 Å². The second kappa shape index (κ2) is 10.8. The summed E-state index contributed by atoms with van der Waals surface area (Å²) in [6.45, 7) is 8.62. The van der Waals surface area contributed by atoms with Crippen LogP contribution < -0.4 is 14.9 Å². The number of nitrogens with one attached hydrogen (secondary N) is 3. The van der Waals surface area contributed by atoms with E-state index < -0.39 is 10.0 Å². The van der Waals surface area contributed by atoms with Crippen LogP contribution in [0.2, 0.25) is 0 Å². The molecule has 9 nitrogen and oxygen atoms in total. The first kappa shape index (κ1) is 25.8. The van der Waals surface area contributed by atoms with E-state index in [0.29, 0.717) is 41.8 Å². The number of piperidine rings is 1. The molecule has 3 N–H and O–H groups in total. The Morgan fingerprint density at radius 3 is 2.67 bits per heavy atom. The molecule has 0 unspecified atom stereocenters. The molecule has 194 valence electrons. The number of H-pyrrole nitrogens is 1. The summed E-state index contributed by atoms with van der Waals surface area (Å²) in [7, 11) is -3.40.